The number of carbonyl (C=O) groups is 1. The lowest BCUT2D eigenvalue weighted by Crippen LogP contribution is -2.45. The van der Waals surface area contributed by atoms with Gasteiger partial charge < -0.3 is 5.32 Å². The van der Waals surface area contributed by atoms with Gasteiger partial charge in [0.25, 0.3) is 0 Å². The number of hydrogen-bond acceptors (Lipinski definition) is 2. The van der Waals surface area contributed by atoms with Crippen LogP contribution in [0, 0.1) is 0 Å². The molecule has 0 radical (unpaired) electrons. The molecular weight excluding hydrogens is 279 g/mol. The number of carbonyl (C=O) groups excluding carboxylic acids is 1. The van der Waals surface area contributed by atoms with E-state index in [0.29, 0.717) is 12.8 Å². The predicted molar refractivity (Wildman–Crippen MR) is 75.1 cm³/mol. The van der Waals surface area contributed by atoms with Crippen molar-refractivity contribution in [3.8, 4) is 0 Å². The number of hydrogen-bond donors (Lipinski definition) is 1. The first-order valence-corrected chi connectivity index (χ1v) is 7.30. The first-order chi connectivity index (χ1) is 9.94. The second kappa shape index (κ2) is 6.60. The van der Waals surface area contributed by atoms with Gasteiger partial charge in [0.05, 0.1) is 5.41 Å². The normalized spacial score (nSPS) is 18.4. The topological polar surface area (TPSA) is 29.1 Å². The van der Waals surface area contributed by atoms with Crippen LogP contribution in [0.5, 0.6) is 0 Å². The summed E-state index contributed by atoms with van der Waals surface area (Å²) in [4.78, 5) is 12.6. The van der Waals surface area contributed by atoms with Crippen LogP contribution in [0.4, 0.5) is 13.2 Å². The molecule has 0 amide bonds. The molecule has 2 nitrogen and oxygen atoms in total. The Labute approximate surface area is 122 Å². The second-order valence-corrected chi connectivity index (χ2v) is 5.59. The molecule has 1 saturated heterocycles. The van der Waals surface area contributed by atoms with Gasteiger partial charge in [0, 0.05) is 12.8 Å². The highest BCUT2D eigenvalue weighted by atomic mass is 19.4. The summed E-state index contributed by atoms with van der Waals surface area (Å²) < 4.78 is 36.7. The molecule has 1 aromatic carbocycles. The highest BCUT2D eigenvalue weighted by molar-refractivity contribution is 5.90. The summed E-state index contributed by atoms with van der Waals surface area (Å²) in [7, 11) is 0. The molecule has 1 fully saturated rings. The van der Waals surface area contributed by atoms with Gasteiger partial charge in [-0.05, 0) is 37.9 Å². The van der Waals surface area contributed by atoms with E-state index in [4.69, 9.17) is 0 Å². The summed E-state index contributed by atoms with van der Waals surface area (Å²) in [5, 5.41) is 3.21. The van der Waals surface area contributed by atoms with E-state index in [1.807, 2.05) is 30.3 Å². The predicted octanol–water partition coefficient (Wildman–Crippen LogP) is 3.61. The number of Topliss-reactive ketones (excluding diaryl/α,β-unsaturated/α-hetero) is 1. The molecule has 21 heavy (non-hydrogen) atoms. The van der Waals surface area contributed by atoms with Crippen LogP contribution in [0.2, 0.25) is 0 Å². The van der Waals surface area contributed by atoms with Crippen molar-refractivity contribution in [3.05, 3.63) is 35.9 Å². The van der Waals surface area contributed by atoms with Crippen LogP contribution in [0.15, 0.2) is 30.3 Å². The molecule has 0 unspecified atom stereocenters. The molecule has 0 spiro atoms. The number of nitrogens with one attached hydrogen (secondary N) is 1. The van der Waals surface area contributed by atoms with E-state index in [2.05, 4.69) is 5.32 Å². The molecule has 1 aromatic rings. The lowest BCUT2D eigenvalue weighted by atomic mass is 9.69. The van der Waals surface area contributed by atoms with Crippen LogP contribution in [-0.4, -0.2) is 25.0 Å². The van der Waals surface area contributed by atoms with E-state index in [0.717, 1.165) is 18.7 Å². The second-order valence-electron chi connectivity index (χ2n) is 5.59. The van der Waals surface area contributed by atoms with Gasteiger partial charge in [-0.15, -0.1) is 0 Å². The lowest BCUT2D eigenvalue weighted by molar-refractivity contribution is -0.138. The minimum Gasteiger partial charge on any atom is -0.317 e. The lowest BCUT2D eigenvalue weighted by Gasteiger charge is -2.37. The fourth-order valence-corrected chi connectivity index (χ4v) is 3.03. The third-order valence-electron chi connectivity index (χ3n) is 4.18. The molecule has 0 atom stereocenters. The highest BCUT2D eigenvalue weighted by Gasteiger charge is 2.40. The Hall–Kier alpha value is -1.36. The summed E-state index contributed by atoms with van der Waals surface area (Å²) in [6.45, 7) is 1.44. The van der Waals surface area contributed by atoms with Crippen LogP contribution in [0.1, 0.15) is 37.7 Å². The van der Waals surface area contributed by atoms with E-state index in [1.54, 1.807) is 0 Å². The molecule has 0 saturated carbocycles. The van der Waals surface area contributed by atoms with Crippen molar-refractivity contribution in [2.45, 2.75) is 43.7 Å². The Bertz CT molecular complexity index is 464. The fourth-order valence-electron chi connectivity index (χ4n) is 3.03. The van der Waals surface area contributed by atoms with Crippen LogP contribution >= 0.6 is 0 Å². The third-order valence-corrected chi connectivity index (χ3v) is 4.18. The Kier molecular flexibility index (Phi) is 5.04. The first kappa shape index (κ1) is 16.0. The summed E-state index contributed by atoms with van der Waals surface area (Å²) in [5.74, 6) is -0.0561. The van der Waals surface area contributed by atoms with E-state index in [9.17, 15) is 18.0 Å². The molecule has 1 aliphatic heterocycles. The third kappa shape index (κ3) is 4.06. The van der Waals surface area contributed by atoms with Crippen LogP contribution in [0.3, 0.4) is 0 Å². The number of piperidine rings is 1. The average Bonchev–Trinajstić information content (AvgIpc) is 2.47. The van der Waals surface area contributed by atoms with Crippen LogP contribution in [0.25, 0.3) is 0 Å². The molecule has 1 aliphatic rings. The minimum absolute atomic E-state index is 0.00555. The van der Waals surface area contributed by atoms with Crippen molar-refractivity contribution in [2.75, 3.05) is 13.1 Å². The van der Waals surface area contributed by atoms with Gasteiger partial charge >= 0.3 is 6.18 Å². The Morgan fingerprint density at radius 1 is 1.14 bits per heavy atom. The van der Waals surface area contributed by atoms with Crippen molar-refractivity contribution < 1.29 is 18.0 Å². The van der Waals surface area contributed by atoms with E-state index in [1.165, 1.54) is 0 Å². The summed E-state index contributed by atoms with van der Waals surface area (Å²) in [5.41, 5.74) is 0.321. The molecular formula is C16H20F3NO. The monoisotopic (exact) mass is 299 g/mol. The van der Waals surface area contributed by atoms with E-state index in [-0.39, 0.29) is 18.6 Å². The number of benzene rings is 1. The molecule has 0 aromatic heterocycles. The minimum atomic E-state index is -4.19. The van der Waals surface area contributed by atoms with Crippen molar-refractivity contribution in [1.29, 1.82) is 0 Å². The Balaban J connectivity index is 2.11. The van der Waals surface area contributed by atoms with Crippen molar-refractivity contribution >= 4 is 5.78 Å². The van der Waals surface area contributed by atoms with Gasteiger partial charge in [-0.1, -0.05) is 30.3 Å². The maximum atomic E-state index is 12.6. The molecule has 0 bridgehead atoms. The molecule has 1 N–H and O–H groups in total. The van der Waals surface area contributed by atoms with Gasteiger partial charge in [-0.3, -0.25) is 4.79 Å². The summed E-state index contributed by atoms with van der Waals surface area (Å²) >= 11 is 0. The summed E-state index contributed by atoms with van der Waals surface area (Å²) in [6, 6.07) is 9.45. The number of ketones is 1. The summed E-state index contributed by atoms with van der Waals surface area (Å²) in [6.07, 6.45) is -3.89. The van der Waals surface area contributed by atoms with Gasteiger partial charge in [0.15, 0.2) is 0 Å². The van der Waals surface area contributed by atoms with Gasteiger partial charge in [0.1, 0.15) is 5.78 Å². The van der Waals surface area contributed by atoms with Crippen molar-refractivity contribution in [1.82, 2.24) is 5.32 Å². The first-order valence-electron chi connectivity index (χ1n) is 7.30. The Morgan fingerprint density at radius 2 is 1.76 bits per heavy atom. The number of halogens is 3. The van der Waals surface area contributed by atoms with Gasteiger partial charge in [-0.2, -0.15) is 13.2 Å². The fraction of sp³-hybridized carbons (Fsp3) is 0.562. The van der Waals surface area contributed by atoms with Crippen LogP contribution in [-0.2, 0) is 10.2 Å². The maximum absolute atomic E-state index is 12.6. The molecule has 5 heteroatoms. The molecule has 116 valence electrons. The number of rotatable bonds is 5. The van der Waals surface area contributed by atoms with Crippen molar-refractivity contribution in [2.24, 2.45) is 0 Å². The zero-order valence-electron chi connectivity index (χ0n) is 11.9. The zero-order valence-corrected chi connectivity index (χ0v) is 11.9. The molecule has 2 rings (SSSR count). The molecule has 0 aliphatic carbocycles. The standard InChI is InChI=1S/C16H20F3NO/c17-16(18,19)8-4-7-14(21)15(9-11-20-12-10-15)13-5-2-1-3-6-13/h1-3,5-6,20H,4,7-12H2. The largest absolute Gasteiger partial charge is 0.389 e. The average molecular weight is 299 g/mol. The molecule has 1 heterocycles. The van der Waals surface area contributed by atoms with Crippen molar-refractivity contribution in [3.63, 3.8) is 0 Å². The van der Waals surface area contributed by atoms with Crippen LogP contribution < -0.4 is 5.32 Å². The van der Waals surface area contributed by atoms with Gasteiger partial charge in [-0.25, -0.2) is 0 Å². The van der Waals surface area contributed by atoms with E-state index >= 15 is 0 Å². The highest BCUT2D eigenvalue weighted by Crippen LogP contribution is 2.36. The maximum Gasteiger partial charge on any atom is 0.389 e. The van der Waals surface area contributed by atoms with Gasteiger partial charge in [0.2, 0.25) is 0 Å². The SMILES string of the molecule is O=C(CCCC(F)(F)F)C1(c2ccccc2)CCNCC1. The Morgan fingerprint density at radius 3 is 2.33 bits per heavy atom. The zero-order chi connectivity index (χ0) is 15.3. The number of alkyl halides is 3. The quantitative estimate of drug-likeness (QED) is 0.900. The smallest absolute Gasteiger partial charge is 0.317 e. The van der Waals surface area contributed by atoms with E-state index < -0.39 is 18.0 Å².